The Bertz CT molecular complexity index is 331. The second kappa shape index (κ2) is 9.03. The molecular formula is C13H24N4S. The van der Waals surface area contributed by atoms with Gasteiger partial charge >= 0.3 is 0 Å². The van der Waals surface area contributed by atoms with E-state index in [9.17, 15) is 0 Å². The molecule has 0 aromatic carbocycles. The summed E-state index contributed by atoms with van der Waals surface area (Å²) in [5, 5.41) is 3.35. The monoisotopic (exact) mass is 268 g/mol. The predicted molar refractivity (Wildman–Crippen MR) is 81.7 cm³/mol. The Kier molecular flexibility index (Phi) is 7.57. The molecule has 0 fully saturated rings. The average Bonchev–Trinajstić information content (AvgIpc) is 2.38. The van der Waals surface area contributed by atoms with Crippen LogP contribution in [0.1, 0.15) is 25.7 Å². The molecule has 0 atom stereocenters. The van der Waals surface area contributed by atoms with Gasteiger partial charge in [-0.15, -0.1) is 0 Å². The summed E-state index contributed by atoms with van der Waals surface area (Å²) in [6, 6.07) is 1.92. The second-order valence-electron chi connectivity index (χ2n) is 4.47. The Labute approximate surface area is 115 Å². The number of thioether (sulfide) groups is 1. The average molecular weight is 268 g/mol. The van der Waals surface area contributed by atoms with Gasteiger partial charge in [-0.1, -0.05) is 12.8 Å². The lowest BCUT2D eigenvalue weighted by Gasteiger charge is -2.11. The van der Waals surface area contributed by atoms with E-state index in [-0.39, 0.29) is 0 Å². The number of unbranched alkanes of at least 4 members (excludes halogenated alkanes) is 3. The number of hydrogen-bond acceptors (Lipinski definition) is 5. The van der Waals surface area contributed by atoms with Gasteiger partial charge in [0.15, 0.2) is 0 Å². The molecule has 0 saturated carbocycles. The van der Waals surface area contributed by atoms with E-state index in [4.69, 9.17) is 0 Å². The highest BCUT2D eigenvalue weighted by atomic mass is 32.2. The van der Waals surface area contributed by atoms with E-state index in [0.29, 0.717) is 0 Å². The van der Waals surface area contributed by atoms with Crippen LogP contribution in [0.3, 0.4) is 0 Å². The fourth-order valence-electron chi connectivity index (χ4n) is 1.60. The van der Waals surface area contributed by atoms with Crippen LogP contribution in [0.25, 0.3) is 0 Å². The Morgan fingerprint density at radius 2 is 2.00 bits per heavy atom. The first-order chi connectivity index (χ1) is 8.74. The Morgan fingerprint density at radius 1 is 1.22 bits per heavy atom. The van der Waals surface area contributed by atoms with Crippen molar-refractivity contribution < 1.29 is 0 Å². The molecule has 0 bridgehead atoms. The molecule has 0 spiro atoms. The summed E-state index contributed by atoms with van der Waals surface area (Å²) in [4.78, 5) is 10.5. The van der Waals surface area contributed by atoms with E-state index in [1.165, 1.54) is 31.4 Å². The maximum Gasteiger partial charge on any atom is 0.226 e. The third-order valence-electron chi connectivity index (χ3n) is 2.62. The number of nitrogens with one attached hydrogen (secondary N) is 1. The third-order valence-corrected chi connectivity index (χ3v) is 3.32. The number of anilines is 2. The number of rotatable bonds is 9. The first-order valence-electron chi connectivity index (χ1n) is 6.47. The molecule has 0 amide bonds. The molecule has 0 aliphatic rings. The quantitative estimate of drug-likeness (QED) is 0.697. The van der Waals surface area contributed by atoms with Gasteiger partial charge in [-0.25, -0.2) is 4.98 Å². The molecule has 1 N–H and O–H groups in total. The third kappa shape index (κ3) is 6.10. The van der Waals surface area contributed by atoms with Crippen molar-refractivity contribution in [3.8, 4) is 0 Å². The van der Waals surface area contributed by atoms with Gasteiger partial charge in [-0.05, 0) is 30.9 Å². The first-order valence-corrected chi connectivity index (χ1v) is 7.86. The molecule has 1 aromatic rings. The van der Waals surface area contributed by atoms with Gasteiger partial charge in [0, 0.05) is 26.8 Å². The maximum atomic E-state index is 4.42. The molecular weight excluding hydrogens is 244 g/mol. The van der Waals surface area contributed by atoms with E-state index in [0.717, 1.165) is 18.3 Å². The van der Waals surface area contributed by atoms with Crippen molar-refractivity contribution in [2.24, 2.45) is 0 Å². The normalized spacial score (nSPS) is 10.4. The Morgan fingerprint density at radius 3 is 2.72 bits per heavy atom. The summed E-state index contributed by atoms with van der Waals surface area (Å²) >= 11 is 1.93. The van der Waals surface area contributed by atoms with Gasteiger partial charge in [0.05, 0.1) is 0 Å². The van der Waals surface area contributed by atoms with Gasteiger partial charge in [0.1, 0.15) is 5.82 Å². The van der Waals surface area contributed by atoms with E-state index >= 15 is 0 Å². The van der Waals surface area contributed by atoms with E-state index in [2.05, 4.69) is 21.5 Å². The zero-order valence-corrected chi connectivity index (χ0v) is 12.5. The predicted octanol–water partition coefficient (Wildman–Crippen LogP) is 2.88. The fourth-order valence-corrected chi connectivity index (χ4v) is 2.10. The van der Waals surface area contributed by atoms with Gasteiger partial charge in [-0.2, -0.15) is 16.7 Å². The van der Waals surface area contributed by atoms with Crippen LogP contribution in [0.15, 0.2) is 12.3 Å². The highest BCUT2D eigenvalue weighted by molar-refractivity contribution is 7.98. The fraction of sp³-hybridized carbons (Fsp3) is 0.692. The van der Waals surface area contributed by atoms with Gasteiger partial charge < -0.3 is 10.2 Å². The zero-order chi connectivity index (χ0) is 13.2. The first kappa shape index (κ1) is 15.1. The molecule has 5 heteroatoms. The minimum absolute atomic E-state index is 0.750. The minimum Gasteiger partial charge on any atom is -0.370 e. The van der Waals surface area contributed by atoms with E-state index in [1.807, 2.05) is 36.8 Å². The van der Waals surface area contributed by atoms with Crippen LogP contribution in [0.5, 0.6) is 0 Å². The summed E-state index contributed by atoms with van der Waals surface area (Å²) in [5.74, 6) is 2.95. The van der Waals surface area contributed by atoms with Crippen molar-refractivity contribution in [2.45, 2.75) is 25.7 Å². The summed E-state index contributed by atoms with van der Waals surface area (Å²) in [6.45, 7) is 0.989. The van der Waals surface area contributed by atoms with Crippen LogP contribution in [0.2, 0.25) is 0 Å². The second-order valence-corrected chi connectivity index (χ2v) is 5.46. The van der Waals surface area contributed by atoms with Crippen LogP contribution in [0, 0.1) is 0 Å². The molecule has 0 aliphatic carbocycles. The van der Waals surface area contributed by atoms with Crippen molar-refractivity contribution in [1.29, 1.82) is 0 Å². The van der Waals surface area contributed by atoms with Crippen LogP contribution >= 0.6 is 11.8 Å². The minimum atomic E-state index is 0.750. The summed E-state index contributed by atoms with van der Waals surface area (Å²) in [6.07, 6.45) is 9.12. The molecule has 18 heavy (non-hydrogen) atoms. The van der Waals surface area contributed by atoms with Crippen molar-refractivity contribution in [3.63, 3.8) is 0 Å². The summed E-state index contributed by atoms with van der Waals surface area (Å²) in [7, 11) is 3.90. The summed E-state index contributed by atoms with van der Waals surface area (Å²) < 4.78 is 0. The Balaban J connectivity index is 2.17. The number of nitrogens with zero attached hydrogens (tertiary/aromatic N) is 3. The number of hydrogen-bond donors (Lipinski definition) is 1. The standard InChI is InChI=1S/C13H24N4S/c1-17(2)13-15-10-8-12(16-13)14-9-6-4-5-7-11-18-3/h8,10H,4-7,9,11H2,1-3H3,(H,14,15,16). The highest BCUT2D eigenvalue weighted by Gasteiger charge is 2.00. The molecule has 0 radical (unpaired) electrons. The molecule has 0 saturated heterocycles. The largest absolute Gasteiger partial charge is 0.370 e. The van der Waals surface area contributed by atoms with E-state index < -0.39 is 0 Å². The molecule has 1 heterocycles. The molecule has 0 aliphatic heterocycles. The van der Waals surface area contributed by atoms with Crippen molar-refractivity contribution in [2.75, 3.05) is 42.9 Å². The molecule has 1 rings (SSSR count). The van der Waals surface area contributed by atoms with Gasteiger partial charge in [0.2, 0.25) is 5.95 Å². The van der Waals surface area contributed by atoms with Crippen LogP contribution in [-0.2, 0) is 0 Å². The molecule has 1 aromatic heterocycles. The topological polar surface area (TPSA) is 41.1 Å². The van der Waals surface area contributed by atoms with Crippen molar-refractivity contribution >= 4 is 23.5 Å². The van der Waals surface area contributed by atoms with Crippen LogP contribution < -0.4 is 10.2 Å². The van der Waals surface area contributed by atoms with Crippen LogP contribution in [-0.4, -0.2) is 42.6 Å². The molecule has 102 valence electrons. The lowest BCUT2D eigenvalue weighted by atomic mass is 10.2. The lowest BCUT2D eigenvalue weighted by molar-refractivity contribution is 0.688. The maximum absolute atomic E-state index is 4.42. The van der Waals surface area contributed by atoms with Crippen molar-refractivity contribution in [1.82, 2.24) is 9.97 Å². The SMILES string of the molecule is CSCCCCCCNc1ccnc(N(C)C)n1. The van der Waals surface area contributed by atoms with Crippen molar-refractivity contribution in [3.05, 3.63) is 12.3 Å². The Hall–Kier alpha value is -0.970. The zero-order valence-electron chi connectivity index (χ0n) is 11.6. The van der Waals surface area contributed by atoms with Gasteiger partial charge in [-0.3, -0.25) is 0 Å². The molecule has 4 nitrogen and oxygen atoms in total. The summed E-state index contributed by atoms with van der Waals surface area (Å²) in [5.41, 5.74) is 0. The van der Waals surface area contributed by atoms with Gasteiger partial charge in [0.25, 0.3) is 0 Å². The smallest absolute Gasteiger partial charge is 0.226 e. The van der Waals surface area contributed by atoms with E-state index in [1.54, 1.807) is 6.20 Å². The highest BCUT2D eigenvalue weighted by Crippen LogP contribution is 2.09. The molecule has 0 unspecified atom stereocenters. The van der Waals surface area contributed by atoms with Crippen LogP contribution in [0.4, 0.5) is 11.8 Å². The number of aromatic nitrogens is 2. The lowest BCUT2D eigenvalue weighted by Crippen LogP contribution is -2.14.